The Balaban J connectivity index is 1.82. The Morgan fingerprint density at radius 3 is 2.52 bits per heavy atom. The lowest BCUT2D eigenvalue weighted by Crippen LogP contribution is -2.38. The van der Waals surface area contributed by atoms with Crippen LogP contribution in [0.1, 0.15) is 20.8 Å². The monoisotopic (exact) mass is 485 g/mol. The van der Waals surface area contributed by atoms with E-state index in [2.05, 4.69) is 20.5 Å². The summed E-state index contributed by atoms with van der Waals surface area (Å²) in [7, 11) is 0. The number of anilines is 1. The molecule has 2 atom stereocenters. The van der Waals surface area contributed by atoms with E-state index in [1.165, 1.54) is 30.4 Å². The number of benzene rings is 1. The third-order valence-corrected chi connectivity index (χ3v) is 5.85. The Morgan fingerprint density at radius 2 is 1.87 bits per heavy atom. The summed E-state index contributed by atoms with van der Waals surface area (Å²) in [6.45, 7) is 5.46. The van der Waals surface area contributed by atoms with Gasteiger partial charge in [-0.1, -0.05) is 34.5 Å². The molecule has 0 unspecified atom stereocenters. The molecule has 3 rings (SSSR count). The van der Waals surface area contributed by atoms with Crippen LogP contribution in [0.15, 0.2) is 24.4 Å². The molecule has 0 saturated carbocycles. The van der Waals surface area contributed by atoms with Crippen LogP contribution in [0.5, 0.6) is 5.75 Å². The molecule has 0 bridgehead atoms. The lowest BCUT2D eigenvalue weighted by atomic mass is 10.2. The van der Waals surface area contributed by atoms with E-state index in [-0.39, 0.29) is 23.4 Å². The van der Waals surface area contributed by atoms with E-state index in [0.717, 1.165) is 0 Å². The first-order chi connectivity index (χ1) is 14.7. The first-order valence-electron chi connectivity index (χ1n) is 9.47. The first kappa shape index (κ1) is 23.6. The molecule has 166 valence electrons. The summed E-state index contributed by atoms with van der Waals surface area (Å²) < 4.78 is 19.9. The van der Waals surface area contributed by atoms with Crippen LogP contribution >= 0.6 is 34.5 Å². The zero-order valence-electron chi connectivity index (χ0n) is 17.1. The number of pyridine rings is 1. The van der Waals surface area contributed by atoms with Gasteiger partial charge in [0.1, 0.15) is 22.4 Å². The normalized spacial score (nSPS) is 13.3. The van der Waals surface area contributed by atoms with E-state index < -0.39 is 18.0 Å². The standard InChI is InChI=1S/C20H22Cl2FN5O2S/c1-9(2)26-18-14(22)4-11(7-25-18)19-27-28-20(31-19)12-5-15(23)17(6-13(12)21)30-8-16(24)10(3)29/h4-7,9-10,16,29H,8,24H2,1-3H3,(H,25,26)/t10-,16+/m1/s1. The van der Waals surface area contributed by atoms with E-state index in [9.17, 15) is 9.50 Å². The van der Waals surface area contributed by atoms with Crippen molar-refractivity contribution in [3.05, 3.63) is 40.3 Å². The SMILES string of the molecule is CC(C)Nc1ncc(-c2nnc(-c3cc(F)c(OC[C@H](N)[C@@H](C)O)cc3Cl)s2)cc1Cl. The van der Waals surface area contributed by atoms with E-state index >= 15 is 0 Å². The summed E-state index contributed by atoms with van der Waals surface area (Å²) in [5, 5.41) is 22.6. The summed E-state index contributed by atoms with van der Waals surface area (Å²) in [6.07, 6.45) is 0.863. The lowest BCUT2D eigenvalue weighted by molar-refractivity contribution is 0.129. The van der Waals surface area contributed by atoms with Crippen LogP contribution in [0.3, 0.4) is 0 Å². The van der Waals surface area contributed by atoms with Gasteiger partial charge in [0.2, 0.25) is 0 Å². The van der Waals surface area contributed by atoms with Crippen molar-refractivity contribution < 1.29 is 14.2 Å². The molecule has 0 saturated heterocycles. The number of nitrogens with one attached hydrogen (secondary N) is 1. The van der Waals surface area contributed by atoms with Crippen molar-refractivity contribution in [2.24, 2.45) is 5.73 Å². The number of hydrogen-bond donors (Lipinski definition) is 3. The van der Waals surface area contributed by atoms with Crippen LogP contribution in [-0.4, -0.2) is 45.1 Å². The summed E-state index contributed by atoms with van der Waals surface area (Å²) in [5.41, 5.74) is 6.78. The smallest absolute Gasteiger partial charge is 0.165 e. The summed E-state index contributed by atoms with van der Waals surface area (Å²) >= 11 is 13.9. The fourth-order valence-electron chi connectivity index (χ4n) is 2.51. The van der Waals surface area contributed by atoms with Crippen LogP contribution < -0.4 is 15.8 Å². The first-order valence-corrected chi connectivity index (χ1v) is 11.0. The maximum Gasteiger partial charge on any atom is 0.165 e. The van der Waals surface area contributed by atoms with Crippen molar-refractivity contribution in [2.45, 2.75) is 39.0 Å². The van der Waals surface area contributed by atoms with Gasteiger partial charge in [-0.15, -0.1) is 10.2 Å². The molecule has 11 heteroatoms. The van der Waals surface area contributed by atoms with Gasteiger partial charge in [-0.3, -0.25) is 0 Å². The number of rotatable bonds is 8. The molecule has 0 aliphatic rings. The third kappa shape index (κ3) is 5.81. The topological polar surface area (TPSA) is 106 Å². The summed E-state index contributed by atoms with van der Waals surface area (Å²) in [5.74, 6) is -0.0947. The zero-order valence-corrected chi connectivity index (χ0v) is 19.4. The fraction of sp³-hybridized carbons (Fsp3) is 0.350. The zero-order chi connectivity index (χ0) is 22.7. The molecular formula is C20H22Cl2FN5O2S. The van der Waals surface area contributed by atoms with Crippen molar-refractivity contribution in [2.75, 3.05) is 11.9 Å². The van der Waals surface area contributed by atoms with Gasteiger partial charge in [0.25, 0.3) is 0 Å². The molecule has 2 aromatic heterocycles. The number of halogens is 3. The highest BCUT2D eigenvalue weighted by Crippen LogP contribution is 2.37. The molecule has 0 radical (unpaired) electrons. The van der Waals surface area contributed by atoms with Gasteiger partial charge >= 0.3 is 0 Å². The highest BCUT2D eigenvalue weighted by Gasteiger charge is 2.18. The van der Waals surface area contributed by atoms with Crippen LogP contribution in [-0.2, 0) is 0 Å². The molecule has 31 heavy (non-hydrogen) atoms. The molecule has 0 amide bonds. The van der Waals surface area contributed by atoms with Crippen LogP contribution in [0, 0.1) is 5.82 Å². The Bertz CT molecular complexity index is 1060. The number of ether oxygens (including phenoxy) is 1. The fourth-order valence-corrected chi connectivity index (χ4v) is 3.89. The lowest BCUT2D eigenvalue weighted by Gasteiger charge is -2.16. The third-order valence-electron chi connectivity index (χ3n) is 4.24. The Hall–Kier alpha value is -2.04. The molecule has 0 spiro atoms. The largest absolute Gasteiger partial charge is 0.489 e. The minimum atomic E-state index is -0.782. The van der Waals surface area contributed by atoms with Crippen molar-refractivity contribution in [1.82, 2.24) is 15.2 Å². The van der Waals surface area contributed by atoms with E-state index in [1.54, 1.807) is 12.3 Å². The van der Waals surface area contributed by atoms with Gasteiger partial charge in [0.15, 0.2) is 11.6 Å². The quantitative estimate of drug-likeness (QED) is 0.427. The number of aliphatic hydroxyl groups is 1. The van der Waals surface area contributed by atoms with Gasteiger partial charge in [-0.05, 0) is 32.9 Å². The Kier molecular flexibility index (Phi) is 7.66. The van der Waals surface area contributed by atoms with Crippen LogP contribution in [0.2, 0.25) is 10.0 Å². The number of nitrogens with zero attached hydrogens (tertiary/aromatic N) is 3. The van der Waals surface area contributed by atoms with Gasteiger partial charge < -0.3 is 20.9 Å². The second-order valence-corrected chi connectivity index (χ2v) is 9.04. The van der Waals surface area contributed by atoms with Crippen LogP contribution in [0.25, 0.3) is 21.1 Å². The Morgan fingerprint density at radius 1 is 1.16 bits per heavy atom. The second-order valence-electron chi connectivity index (χ2n) is 7.24. The van der Waals surface area contributed by atoms with E-state index in [0.29, 0.717) is 32.0 Å². The molecule has 1 aromatic carbocycles. The number of hydrogen-bond acceptors (Lipinski definition) is 8. The van der Waals surface area contributed by atoms with Crippen molar-refractivity contribution in [3.63, 3.8) is 0 Å². The molecule has 3 aromatic rings. The molecule has 2 heterocycles. The molecule has 7 nitrogen and oxygen atoms in total. The van der Waals surface area contributed by atoms with E-state index in [1.807, 2.05) is 13.8 Å². The number of nitrogens with two attached hydrogens (primary N) is 1. The number of aromatic nitrogens is 3. The van der Waals surface area contributed by atoms with Gasteiger partial charge in [-0.2, -0.15) is 0 Å². The van der Waals surface area contributed by atoms with Crippen molar-refractivity contribution in [3.8, 4) is 26.9 Å². The van der Waals surface area contributed by atoms with Gasteiger partial charge in [0.05, 0.1) is 22.2 Å². The maximum absolute atomic E-state index is 14.5. The molecular weight excluding hydrogens is 464 g/mol. The summed E-state index contributed by atoms with van der Waals surface area (Å²) in [6, 6.07) is 3.87. The summed E-state index contributed by atoms with van der Waals surface area (Å²) in [4.78, 5) is 4.33. The second kappa shape index (κ2) is 10.1. The molecule has 4 N–H and O–H groups in total. The average Bonchev–Trinajstić information content (AvgIpc) is 3.19. The van der Waals surface area contributed by atoms with Gasteiger partial charge in [0, 0.05) is 29.4 Å². The highest BCUT2D eigenvalue weighted by atomic mass is 35.5. The van der Waals surface area contributed by atoms with Crippen molar-refractivity contribution in [1.29, 1.82) is 0 Å². The van der Waals surface area contributed by atoms with Gasteiger partial charge in [-0.25, -0.2) is 9.37 Å². The Labute approximate surface area is 193 Å². The number of aliphatic hydroxyl groups excluding tert-OH is 1. The minimum Gasteiger partial charge on any atom is -0.489 e. The van der Waals surface area contributed by atoms with E-state index in [4.69, 9.17) is 33.7 Å². The van der Waals surface area contributed by atoms with Crippen LogP contribution in [0.4, 0.5) is 10.2 Å². The highest BCUT2D eigenvalue weighted by molar-refractivity contribution is 7.18. The molecule has 0 aliphatic carbocycles. The molecule has 0 fully saturated rings. The molecule has 0 aliphatic heterocycles. The predicted molar refractivity (Wildman–Crippen MR) is 122 cm³/mol. The predicted octanol–water partition coefficient (Wildman–Crippen LogP) is 4.62. The van der Waals surface area contributed by atoms with Crippen molar-refractivity contribution >= 4 is 40.4 Å². The maximum atomic E-state index is 14.5. The average molecular weight is 486 g/mol. The minimum absolute atomic E-state index is 0.0529.